The van der Waals surface area contributed by atoms with Crippen LogP contribution in [0.2, 0.25) is 0 Å². The molecule has 1 N–H and O–H groups in total. The van der Waals surface area contributed by atoms with Crippen molar-refractivity contribution in [3.05, 3.63) is 84.1 Å². The molecule has 206 valence electrons. The van der Waals surface area contributed by atoms with Crippen LogP contribution in [0.5, 0.6) is 0 Å². The number of nitrogens with zero attached hydrogens (tertiary/aromatic N) is 2. The average Bonchev–Trinajstić information content (AvgIpc) is 2.93. The summed E-state index contributed by atoms with van der Waals surface area (Å²) in [6.45, 7) is 6.45. The third-order valence-corrected chi connectivity index (χ3v) is 7.59. The molecule has 0 unspecified atom stereocenters. The zero-order chi connectivity index (χ0) is 27.3. The number of fused-ring (bicyclic) bond motifs is 2. The van der Waals surface area contributed by atoms with Gasteiger partial charge in [0.1, 0.15) is 5.82 Å². The molecule has 0 radical (unpaired) electrons. The molecule has 0 aliphatic carbocycles. The first-order valence-corrected chi connectivity index (χ1v) is 15.0. The fourth-order valence-corrected chi connectivity index (χ4v) is 5.59. The number of aromatic nitrogens is 1. The van der Waals surface area contributed by atoms with Gasteiger partial charge in [-0.1, -0.05) is 119 Å². The molecule has 0 aliphatic heterocycles. The summed E-state index contributed by atoms with van der Waals surface area (Å²) in [5.74, 6) is 0.526. The van der Waals surface area contributed by atoms with Crippen molar-refractivity contribution >= 4 is 33.3 Å². The lowest BCUT2D eigenvalue weighted by atomic mass is 9.96. The third-order valence-electron chi connectivity index (χ3n) is 7.59. The van der Waals surface area contributed by atoms with Crippen LogP contribution in [0.25, 0.3) is 21.5 Å². The highest BCUT2D eigenvalue weighted by atomic mass is 16.1. The smallest absolute Gasteiger partial charge is 0.222 e. The molecule has 39 heavy (non-hydrogen) atoms. The standard InChI is InChI=1S/C35H45N3O/c1-3-4-5-6-7-8-9-10-11-16-24-38(26-31-20-17-23-35(37-31)36-28(2)39)27-34-32-21-14-12-18-29(32)25-30-19-13-15-22-33(30)34/h12-15,17-23,25H,3-11,16,24,26-27H2,1-2H3,(H,36,37,39). The summed E-state index contributed by atoms with van der Waals surface area (Å²) in [4.78, 5) is 18.9. The molecule has 0 saturated carbocycles. The van der Waals surface area contributed by atoms with Gasteiger partial charge in [-0.3, -0.25) is 9.69 Å². The number of carbonyl (C=O) groups is 1. The molecule has 0 aliphatic rings. The van der Waals surface area contributed by atoms with Crippen molar-refractivity contribution in [2.24, 2.45) is 0 Å². The van der Waals surface area contributed by atoms with Gasteiger partial charge in [-0.25, -0.2) is 4.98 Å². The monoisotopic (exact) mass is 523 g/mol. The van der Waals surface area contributed by atoms with Gasteiger partial charge in [-0.15, -0.1) is 0 Å². The molecule has 0 bridgehead atoms. The van der Waals surface area contributed by atoms with E-state index in [9.17, 15) is 4.79 Å². The number of hydrogen-bond donors (Lipinski definition) is 1. The molecule has 1 heterocycles. The predicted octanol–water partition coefficient (Wildman–Crippen LogP) is 9.27. The minimum Gasteiger partial charge on any atom is -0.311 e. The Morgan fingerprint density at radius 3 is 1.92 bits per heavy atom. The Bertz CT molecular complexity index is 1280. The molecule has 1 aromatic heterocycles. The van der Waals surface area contributed by atoms with Crippen LogP contribution < -0.4 is 5.32 Å². The van der Waals surface area contributed by atoms with Crippen LogP contribution in [0.3, 0.4) is 0 Å². The summed E-state index contributed by atoms with van der Waals surface area (Å²) in [5, 5.41) is 8.06. The fourth-order valence-electron chi connectivity index (χ4n) is 5.59. The highest BCUT2D eigenvalue weighted by Gasteiger charge is 2.14. The molecule has 3 aromatic carbocycles. The van der Waals surface area contributed by atoms with E-state index in [1.54, 1.807) is 0 Å². The molecule has 0 atom stereocenters. The molecule has 0 saturated heterocycles. The highest BCUT2D eigenvalue weighted by Crippen LogP contribution is 2.30. The second-order valence-corrected chi connectivity index (χ2v) is 10.9. The van der Waals surface area contributed by atoms with Gasteiger partial charge in [0, 0.05) is 20.0 Å². The molecular formula is C35H45N3O. The third kappa shape index (κ3) is 8.90. The van der Waals surface area contributed by atoms with Crippen molar-refractivity contribution in [2.45, 2.75) is 91.1 Å². The number of amides is 1. The van der Waals surface area contributed by atoms with Crippen LogP contribution >= 0.6 is 0 Å². The van der Waals surface area contributed by atoms with Crippen molar-refractivity contribution in [3.8, 4) is 0 Å². The van der Waals surface area contributed by atoms with Crippen LogP contribution in [0.4, 0.5) is 5.82 Å². The lowest BCUT2D eigenvalue weighted by Gasteiger charge is -2.24. The summed E-state index contributed by atoms with van der Waals surface area (Å²) in [7, 11) is 0. The second kappa shape index (κ2) is 15.4. The van der Waals surface area contributed by atoms with E-state index in [2.05, 4.69) is 77.8 Å². The lowest BCUT2D eigenvalue weighted by Crippen LogP contribution is -2.25. The van der Waals surface area contributed by atoms with Gasteiger partial charge < -0.3 is 5.32 Å². The SMILES string of the molecule is CCCCCCCCCCCCN(Cc1cccc(NC(C)=O)n1)Cc1c2ccccc2cc2ccccc12. The number of unbranched alkanes of at least 4 members (excludes halogenated alkanes) is 9. The van der Waals surface area contributed by atoms with Crippen LogP contribution in [0, 0.1) is 0 Å². The second-order valence-electron chi connectivity index (χ2n) is 10.9. The molecule has 0 fully saturated rings. The Kier molecular flexibility index (Phi) is 11.3. The van der Waals surface area contributed by atoms with Gasteiger partial charge in [0.15, 0.2) is 0 Å². The number of benzene rings is 3. The van der Waals surface area contributed by atoms with Crippen LogP contribution in [0.1, 0.15) is 89.3 Å². The van der Waals surface area contributed by atoms with Crippen LogP contribution in [-0.2, 0) is 17.9 Å². The Balaban J connectivity index is 1.47. The maximum atomic E-state index is 11.6. The number of hydrogen-bond acceptors (Lipinski definition) is 3. The minimum absolute atomic E-state index is 0.0934. The van der Waals surface area contributed by atoms with Crippen molar-refractivity contribution in [2.75, 3.05) is 11.9 Å². The summed E-state index contributed by atoms with van der Waals surface area (Å²) >= 11 is 0. The van der Waals surface area contributed by atoms with Gasteiger partial charge in [-0.2, -0.15) is 0 Å². The zero-order valence-corrected chi connectivity index (χ0v) is 23.9. The molecule has 4 rings (SSSR count). The minimum atomic E-state index is -0.0934. The van der Waals surface area contributed by atoms with Crippen LogP contribution in [-0.4, -0.2) is 22.3 Å². The highest BCUT2D eigenvalue weighted by molar-refractivity contribution is 6.02. The number of carbonyl (C=O) groups excluding carboxylic acids is 1. The summed E-state index contributed by atoms with van der Waals surface area (Å²) in [6, 6.07) is 25.7. The molecule has 1 amide bonds. The van der Waals surface area contributed by atoms with Gasteiger partial charge >= 0.3 is 0 Å². The normalized spacial score (nSPS) is 11.5. The van der Waals surface area contributed by atoms with E-state index in [0.29, 0.717) is 5.82 Å². The molecule has 4 aromatic rings. The van der Waals surface area contributed by atoms with E-state index < -0.39 is 0 Å². The van der Waals surface area contributed by atoms with Gasteiger partial charge in [-0.05, 0) is 58.3 Å². The van der Waals surface area contributed by atoms with E-state index in [1.165, 1.54) is 98.2 Å². The van der Waals surface area contributed by atoms with E-state index in [-0.39, 0.29) is 5.91 Å². The predicted molar refractivity (Wildman–Crippen MR) is 166 cm³/mol. The quantitative estimate of drug-likeness (QED) is 0.118. The van der Waals surface area contributed by atoms with Gasteiger partial charge in [0.25, 0.3) is 0 Å². The molecule has 0 spiro atoms. The van der Waals surface area contributed by atoms with Crippen LogP contribution in [0.15, 0.2) is 72.8 Å². The Morgan fingerprint density at radius 2 is 1.31 bits per heavy atom. The van der Waals surface area contributed by atoms with Crippen molar-refractivity contribution in [3.63, 3.8) is 0 Å². The number of nitrogens with one attached hydrogen (secondary N) is 1. The largest absolute Gasteiger partial charge is 0.311 e. The molecule has 4 nitrogen and oxygen atoms in total. The van der Waals surface area contributed by atoms with E-state index in [0.717, 1.165) is 25.3 Å². The number of pyridine rings is 1. The van der Waals surface area contributed by atoms with E-state index in [1.807, 2.05) is 12.1 Å². The first-order valence-electron chi connectivity index (χ1n) is 15.0. The molecule has 4 heteroatoms. The summed E-state index contributed by atoms with van der Waals surface area (Å²) in [5.41, 5.74) is 2.37. The first-order chi connectivity index (χ1) is 19.1. The lowest BCUT2D eigenvalue weighted by molar-refractivity contribution is -0.114. The maximum absolute atomic E-state index is 11.6. The number of anilines is 1. The summed E-state index contributed by atoms with van der Waals surface area (Å²) < 4.78 is 0. The van der Waals surface area contributed by atoms with Gasteiger partial charge in [0.05, 0.1) is 5.69 Å². The van der Waals surface area contributed by atoms with E-state index >= 15 is 0 Å². The fraction of sp³-hybridized carbons (Fsp3) is 0.429. The first kappa shape index (κ1) is 28.8. The molecular weight excluding hydrogens is 478 g/mol. The Hall–Kier alpha value is -3.24. The van der Waals surface area contributed by atoms with Gasteiger partial charge in [0.2, 0.25) is 5.91 Å². The Morgan fingerprint density at radius 1 is 0.718 bits per heavy atom. The topological polar surface area (TPSA) is 45.2 Å². The summed E-state index contributed by atoms with van der Waals surface area (Å²) in [6.07, 6.45) is 13.4. The number of rotatable bonds is 16. The maximum Gasteiger partial charge on any atom is 0.222 e. The Labute approximate surface area is 234 Å². The van der Waals surface area contributed by atoms with Crippen molar-refractivity contribution < 1.29 is 4.79 Å². The average molecular weight is 524 g/mol. The van der Waals surface area contributed by atoms with Crippen molar-refractivity contribution in [1.82, 2.24) is 9.88 Å². The van der Waals surface area contributed by atoms with E-state index in [4.69, 9.17) is 4.98 Å². The zero-order valence-electron chi connectivity index (χ0n) is 23.9. The van der Waals surface area contributed by atoms with Crippen molar-refractivity contribution in [1.29, 1.82) is 0 Å².